The lowest BCUT2D eigenvalue weighted by atomic mass is 10.0. The quantitative estimate of drug-likeness (QED) is 0.355. The van der Waals surface area contributed by atoms with Crippen LogP contribution in [0.2, 0.25) is 0 Å². The molecule has 4 rings (SSSR count). The number of nitrogens with two attached hydrogens (primary N) is 1. The van der Waals surface area contributed by atoms with Crippen molar-refractivity contribution < 1.29 is 27.4 Å². The molecule has 1 unspecified atom stereocenters. The number of halogens is 1. The number of rotatable bonds is 6. The molecule has 0 aliphatic carbocycles. The normalized spacial score (nSPS) is 12.6. The van der Waals surface area contributed by atoms with Crippen molar-refractivity contribution in [3.63, 3.8) is 0 Å². The number of fused-ring (bicyclic) bond motifs is 1. The van der Waals surface area contributed by atoms with Crippen molar-refractivity contribution in [3.8, 4) is 11.5 Å². The minimum Gasteiger partial charge on any atom is -0.480 e. The van der Waals surface area contributed by atoms with E-state index in [1.807, 2.05) is 0 Å². The number of aliphatic carboxylic acids is 1. The Morgan fingerprint density at radius 1 is 1.06 bits per heavy atom. The number of ether oxygens (including phenoxy) is 1. The molecule has 0 saturated carbocycles. The SMILES string of the molecule is Cc1cc(C(N)C(=O)O)cc(C)c1Oc1ccc2[nH]cc(S(=O)(=O)c3ccc(F)cc3)c2c1. The van der Waals surface area contributed by atoms with Crippen LogP contribution in [0.5, 0.6) is 11.5 Å². The van der Waals surface area contributed by atoms with Crippen molar-refractivity contribution >= 4 is 26.7 Å². The molecule has 0 aliphatic rings. The summed E-state index contributed by atoms with van der Waals surface area (Å²) in [6.45, 7) is 3.55. The van der Waals surface area contributed by atoms with Crippen molar-refractivity contribution in [2.45, 2.75) is 29.7 Å². The largest absolute Gasteiger partial charge is 0.480 e. The third kappa shape index (κ3) is 4.20. The monoisotopic (exact) mass is 468 g/mol. The lowest BCUT2D eigenvalue weighted by molar-refractivity contribution is -0.138. The second-order valence-corrected chi connectivity index (χ2v) is 9.64. The highest BCUT2D eigenvalue weighted by Crippen LogP contribution is 2.35. The van der Waals surface area contributed by atoms with E-state index in [9.17, 15) is 17.6 Å². The molecule has 4 N–H and O–H groups in total. The van der Waals surface area contributed by atoms with E-state index in [1.165, 1.54) is 18.3 Å². The molecule has 9 heteroatoms. The van der Waals surface area contributed by atoms with Gasteiger partial charge in [0.05, 0.1) is 9.79 Å². The van der Waals surface area contributed by atoms with Crippen LogP contribution in [0.25, 0.3) is 10.9 Å². The topological polar surface area (TPSA) is 122 Å². The number of aromatic amines is 1. The van der Waals surface area contributed by atoms with Gasteiger partial charge in [-0.15, -0.1) is 0 Å². The lowest BCUT2D eigenvalue weighted by Crippen LogP contribution is -2.20. The van der Waals surface area contributed by atoms with E-state index in [1.54, 1.807) is 44.2 Å². The molecule has 0 bridgehead atoms. The number of benzene rings is 3. The van der Waals surface area contributed by atoms with Gasteiger partial charge in [0.2, 0.25) is 9.84 Å². The van der Waals surface area contributed by atoms with Crippen molar-refractivity contribution in [1.29, 1.82) is 0 Å². The van der Waals surface area contributed by atoms with E-state index in [0.717, 1.165) is 12.1 Å². The van der Waals surface area contributed by atoms with E-state index >= 15 is 0 Å². The fourth-order valence-electron chi connectivity index (χ4n) is 3.69. The molecule has 0 aliphatic heterocycles. The molecule has 0 saturated heterocycles. The van der Waals surface area contributed by atoms with Gasteiger partial charge < -0.3 is 20.6 Å². The molecule has 7 nitrogen and oxygen atoms in total. The van der Waals surface area contributed by atoms with Gasteiger partial charge in [0.25, 0.3) is 0 Å². The first-order valence-corrected chi connectivity index (χ1v) is 11.5. The Bertz CT molecular complexity index is 1450. The molecule has 0 radical (unpaired) electrons. The van der Waals surface area contributed by atoms with Crippen LogP contribution in [-0.4, -0.2) is 24.5 Å². The molecule has 1 atom stereocenters. The number of carboxylic acids is 1. The fraction of sp³-hybridized carbons (Fsp3) is 0.125. The first-order chi connectivity index (χ1) is 15.6. The highest BCUT2D eigenvalue weighted by atomic mass is 32.2. The predicted molar refractivity (Wildman–Crippen MR) is 121 cm³/mol. The van der Waals surface area contributed by atoms with Crippen LogP contribution < -0.4 is 10.5 Å². The predicted octanol–water partition coefficient (Wildman–Crippen LogP) is 4.63. The van der Waals surface area contributed by atoms with Crippen LogP contribution in [0.1, 0.15) is 22.7 Å². The average molecular weight is 469 g/mol. The molecule has 0 spiro atoms. The highest BCUT2D eigenvalue weighted by molar-refractivity contribution is 7.91. The molecule has 170 valence electrons. The Kier molecular flexibility index (Phi) is 5.69. The first kappa shape index (κ1) is 22.5. The van der Waals surface area contributed by atoms with Crippen LogP contribution in [-0.2, 0) is 14.6 Å². The van der Waals surface area contributed by atoms with E-state index < -0.39 is 27.7 Å². The number of aromatic nitrogens is 1. The van der Waals surface area contributed by atoms with Gasteiger partial charge in [-0.3, -0.25) is 4.79 Å². The number of carbonyl (C=O) groups is 1. The summed E-state index contributed by atoms with van der Waals surface area (Å²) in [6.07, 6.45) is 1.39. The van der Waals surface area contributed by atoms with Crippen LogP contribution in [0.15, 0.2) is 70.6 Å². The van der Waals surface area contributed by atoms with Crippen LogP contribution >= 0.6 is 0 Å². The first-order valence-electron chi connectivity index (χ1n) is 9.97. The zero-order valence-electron chi connectivity index (χ0n) is 17.8. The number of hydrogen-bond acceptors (Lipinski definition) is 5. The van der Waals surface area contributed by atoms with Gasteiger partial charge in [0.15, 0.2) is 0 Å². The van der Waals surface area contributed by atoms with Crippen LogP contribution in [0.3, 0.4) is 0 Å². The van der Waals surface area contributed by atoms with Crippen molar-refractivity contribution in [2.75, 3.05) is 0 Å². The second kappa shape index (κ2) is 8.34. The molecular formula is C24H21FN2O5S. The third-order valence-corrected chi connectivity index (χ3v) is 7.17. The third-order valence-electron chi connectivity index (χ3n) is 5.36. The van der Waals surface area contributed by atoms with Gasteiger partial charge in [-0.25, -0.2) is 12.8 Å². The molecular weight excluding hydrogens is 447 g/mol. The van der Waals surface area contributed by atoms with Gasteiger partial charge in [-0.2, -0.15) is 0 Å². The minimum absolute atomic E-state index is 0.0202. The number of sulfone groups is 1. The minimum atomic E-state index is -3.89. The number of nitrogens with one attached hydrogen (secondary N) is 1. The summed E-state index contributed by atoms with van der Waals surface area (Å²) >= 11 is 0. The maximum Gasteiger partial charge on any atom is 0.325 e. The summed E-state index contributed by atoms with van der Waals surface area (Å²) in [4.78, 5) is 14.2. The van der Waals surface area contributed by atoms with E-state index in [2.05, 4.69) is 4.98 Å². The number of H-pyrrole nitrogens is 1. The Balaban J connectivity index is 1.73. The Hall–Kier alpha value is -3.69. The van der Waals surface area contributed by atoms with Gasteiger partial charge in [0, 0.05) is 17.1 Å². The number of aryl methyl sites for hydroxylation is 2. The molecule has 1 heterocycles. The zero-order valence-corrected chi connectivity index (χ0v) is 18.6. The standard InChI is InChI=1S/C24H21FN2O5S/c1-13-9-15(22(26)24(28)29)10-14(2)23(13)32-17-5-8-20-19(11-17)21(12-27-20)33(30,31)18-6-3-16(25)4-7-18/h3-12,22,27H,26H2,1-2H3,(H,28,29). The molecule has 33 heavy (non-hydrogen) atoms. The summed E-state index contributed by atoms with van der Waals surface area (Å²) < 4.78 is 45.5. The number of carboxylic acid groups (broad SMARTS) is 1. The summed E-state index contributed by atoms with van der Waals surface area (Å²) in [5.41, 5.74) is 8.15. The maximum absolute atomic E-state index is 13.3. The summed E-state index contributed by atoms with van der Waals surface area (Å²) in [5.74, 6) is -0.729. The van der Waals surface area contributed by atoms with Crippen LogP contribution in [0, 0.1) is 19.7 Å². The van der Waals surface area contributed by atoms with Crippen molar-refractivity contribution in [1.82, 2.24) is 4.98 Å². The molecule has 0 amide bonds. The lowest BCUT2D eigenvalue weighted by Gasteiger charge is -2.16. The summed E-state index contributed by atoms with van der Waals surface area (Å²) in [5, 5.41) is 9.59. The van der Waals surface area contributed by atoms with Crippen molar-refractivity contribution in [3.05, 3.63) is 83.3 Å². The average Bonchev–Trinajstić information content (AvgIpc) is 3.20. The smallest absolute Gasteiger partial charge is 0.325 e. The Labute approximate surface area is 189 Å². The highest BCUT2D eigenvalue weighted by Gasteiger charge is 2.23. The Morgan fingerprint density at radius 2 is 1.70 bits per heavy atom. The van der Waals surface area contributed by atoms with Gasteiger partial charge >= 0.3 is 5.97 Å². The maximum atomic E-state index is 13.3. The molecule has 1 aromatic heterocycles. The van der Waals surface area contributed by atoms with E-state index in [4.69, 9.17) is 15.6 Å². The van der Waals surface area contributed by atoms with Gasteiger partial charge in [-0.05, 0) is 73.0 Å². The van der Waals surface area contributed by atoms with E-state index in [-0.39, 0.29) is 9.79 Å². The molecule has 4 aromatic rings. The van der Waals surface area contributed by atoms with Gasteiger partial charge in [-0.1, -0.05) is 12.1 Å². The second-order valence-electron chi connectivity index (χ2n) is 7.72. The molecule has 3 aromatic carbocycles. The Morgan fingerprint density at radius 3 is 2.30 bits per heavy atom. The van der Waals surface area contributed by atoms with Crippen LogP contribution in [0.4, 0.5) is 4.39 Å². The van der Waals surface area contributed by atoms with Crippen molar-refractivity contribution in [2.24, 2.45) is 5.73 Å². The fourth-order valence-corrected chi connectivity index (χ4v) is 5.11. The summed E-state index contributed by atoms with van der Waals surface area (Å²) in [7, 11) is -3.89. The van der Waals surface area contributed by atoms with Gasteiger partial charge in [0.1, 0.15) is 23.4 Å². The molecule has 0 fully saturated rings. The zero-order chi connectivity index (χ0) is 23.9. The van der Waals surface area contributed by atoms with E-state index in [0.29, 0.717) is 39.1 Å². The number of hydrogen-bond donors (Lipinski definition) is 3. The summed E-state index contributed by atoms with van der Waals surface area (Å²) in [6, 6.07) is 11.8.